The highest BCUT2D eigenvalue weighted by molar-refractivity contribution is 6.32. The van der Waals surface area contributed by atoms with E-state index >= 15 is 0 Å². The third kappa shape index (κ3) is 3.40. The predicted molar refractivity (Wildman–Crippen MR) is 59.5 cm³/mol. The molecular weight excluding hydrogens is 232 g/mol. The highest BCUT2D eigenvalue weighted by atomic mass is 35.5. The van der Waals surface area contributed by atoms with Crippen LogP contribution in [0.4, 0.5) is 0 Å². The van der Waals surface area contributed by atoms with Crippen molar-refractivity contribution in [3.05, 3.63) is 28.8 Å². The summed E-state index contributed by atoms with van der Waals surface area (Å²) in [5.74, 6) is 0.0631. The van der Waals surface area contributed by atoms with Crippen molar-refractivity contribution in [1.29, 1.82) is 0 Å². The summed E-state index contributed by atoms with van der Waals surface area (Å²) in [6.07, 6.45) is 0.145. The van der Waals surface area contributed by atoms with Gasteiger partial charge in [-0.3, -0.25) is 4.79 Å². The third-order valence-electron chi connectivity index (χ3n) is 2.00. The maximum absolute atomic E-state index is 10.9. The molecule has 0 heterocycles. The Labute approximate surface area is 98.7 Å². The third-order valence-corrected chi connectivity index (χ3v) is 2.30. The Balaban J connectivity index is 2.62. The fraction of sp³-hybridized carbons (Fsp3) is 0.364. The number of carbonyl (C=O) groups excluding carboxylic acids is 1. The van der Waals surface area contributed by atoms with Crippen LogP contribution in [0.25, 0.3) is 0 Å². The van der Waals surface area contributed by atoms with E-state index < -0.39 is 0 Å². The minimum Gasteiger partial charge on any atom is -0.491 e. The minimum atomic E-state index is -0.349. The van der Waals surface area contributed by atoms with Crippen molar-refractivity contribution in [3.8, 4) is 5.75 Å². The lowest BCUT2D eigenvalue weighted by molar-refractivity contribution is -0.141. The molecule has 0 unspecified atom stereocenters. The Morgan fingerprint density at radius 3 is 2.88 bits per heavy atom. The Hall–Kier alpha value is -1.26. The summed E-state index contributed by atoms with van der Waals surface area (Å²) in [4.78, 5) is 10.9. The van der Waals surface area contributed by atoms with Gasteiger partial charge >= 0.3 is 5.97 Å². The van der Waals surface area contributed by atoms with Gasteiger partial charge in [0.25, 0.3) is 0 Å². The van der Waals surface area contributed by atoms with E-state index in [0.29, 0.717) is 16.3 Å². The number of esters is 1. The number of aliphatic hydroxyl groups excluding tert-OH is 1. The second-order valence-corrected chi connectivity index (χ2v) is 3.47. The largest absolute Gasteiger partial charge is 0.491 e. The van der Waals surface area contributed by atoms with Gasteiger partial charge in [0.2, 0.25) is 0 Å². The Bertz CT molecular complexity index is 365. The molecule has 0 saturated carbocycles. The smallest absolute Gasteiger partial charge is 0.308 e. The van der Waals surface area contributed by atoms with E-state index in [1.807, 2.05) is 0 Å². The SMILES string of the molecule is COC(=O)CCOc1c(Cl)cccc1CO. The van der Waals surface area contributed by atoms with E-state index in [4.69, 9.17) is 21.4 Å². The molecule has 1 aromatic carbocycles. The molecular formula is C11H13ClO4. The maximum atomic E-state index is 10.9. The van der Waals surface area contributed by atoms with Crippen LogP contribution >= 0.6 is 11.6 Å². The summed E-state index contributed by atoms with van der Waals surface area (Å²) in [6, 6.07) is 5.09. The number of hydrogen-bond donors (Lipinski definition) is 1. The van der Waals surface area contributed by atoms with Crippen LogP contribution in [0.5, 0.6) is 5.75 Å². The summed E-state index contributed by atoms with van der Waals surface area (Å²) in [6.45, 7) is 0.0114. The molecule has 1 N–H and O–H groups in total. The lowest BCUT2D eigenvalue weighted by Crippen LogP contribution is -2.08. The number of carbonyl (C=O) groups is 1. The van der Waals surface area contributed by atoms with Gasteiger partial charge < -0.3 is 14.6 Å². The van der Waals surface area contributed by atoms with Crippen LogP contribution in [0.3, 0.4) is 0 Å². The second-order valence-electron chi connectivity index (χ2n) is 3.06. The normalized spacial score (nSPS) is 9.94. The molecule has 0 fully saturated rings. The highest BCUT2D eigenvalue weighted by Crippen LogP contribution is 2.28. The summed E-state index contributed by atoms with van der Waals surface area (Å²) < 4.78 is 9.81. The van der Waals surface area contributed by atoms with Crippen LogP contribution in [0.2, 0.25) is 5.02 Å². The van der Waals surface area contributed by atoms with Crippen LogP contribution in [0.1, 0.15) is 12.0 Å². The quantitative estimate of drug-likeness (QED) is 0.802. The summed E-state index contributed by atoms with van der Waals surface area (Å²) in [5, 5.41) is 9.48. The number of methoxy groups -OCH3 is 1. The van der Waals surface area contributed by atoms with Crippen molar-refractivity contribution >= 4 is 17.6 Å². The van der Waals surface area contributed by atoms with Crippen molar-refractivity contribution in [2.75, 3.05) is 13.7 Å². The predicted octanol–water partition coefficient (Wildman–Crippen LogP) is 1.77. The number of ether oxygens (including phenoxy) is 2. The molecule has 0 bridgehead atoms. The molecule has 0 aromatic heterocycles. The lowest BCUT2D eigenvalue weighted by atomic mass is 10.2. The summed E-state index contributed by atoms with van der Waals surface area (Å²) >= 11 is 5.91. The number of para-hydroxylation sites is 1. The van der Waals surface area contributed by atoms with Crippen LogP contribution in [-0.2, 0) is 16.1 Å². The second kappa shape index (κ2) is 6.35. The number of rotatable bonds is 5. The van der Waals surface area contributed by atoms with Crippen molar-refractivity contribution in [3.63, 3.8) is 0 Å². The van der Waals surface area contributed by atoms with E-state index in [0.717, 1.165) is 0 Å². The monoisotopic (exact) mass is 244 g/mol. The van der Waals surface area contributed by atoms with Gasteiger partial charge in [-0.2, -0.15) is 0 Å². The fourth-order valence-corrected chi connectivity index (χ4v) is 1.43. The molecule has 16 heavy (non-hydrogen) atoms. The molecule has 0 aliphatic carbocycles. The Morgan fingerprint density at radius 2 is 2.25 bits per heavy atom. The van der Waals surface area contributed by atoms with E-state index in [2.05, 4.69) is 4.74 Å². The van der Waals surface area contributed by atoms with Crippen molar-refractivity contribution in [1.82, 2.24) is 0 Å². The summed E-state index contributed by atoms with van der Waals surface area (Å²) in [7, 11) is 1.32. The molecule has 0 spiro atoms. The van der Waals surface area contributed by atoms with E-state index in [1.165, 1.54) is 7.11 Å². The highest BCUT2D eigenvalue weighted by Gasteiger charge is 2.08. The Morgan fingerprint density at radius 1 is 1.50 bits per heavy atom. The molecule has 4 nitrogen and oxygen atoms in total. The van der Waals surface area contributed by atoms with Gasteiger partial charge in [0.15, 0.2) is 0 Å². The van der Waals surface area contributed by atoms with Crippen molar-refractivity contribution < 1.29 is 19.4 Å². The first-order valence-corrected chi connectivity index (χ1v) is 5.14. The van der Waals surface area contributed by atoms with Gasteiger partial charge in [-0.05, 0) is 6.07 Å². The zero-order valence-electron chi connectivity index (χ0n) is 8.90. The number of aliphatic hydroxyl groups is 1. The van der Waals surface area contributed by atoms with Gasteiger partial charge in [0.1, 0.15) is 5.75 Å². The van der Waals surface area contributed by atoms with E-state index in [9.17, 15) is 4.79 Å². The van der Waals surface area contributed by atoms with Crippen LogP contribution < -0.4 is 4.74 Å². The zero-order chi connectivity index (χ0) is 12.0. The minimum absolute atomic E-state index is 0.145. The Kier molecular flexibility index (Phi) is 5.08. The summed E-state index contributed by atoms with van der Waals surface area (Å²) in [5.41, 5.74) is 0.595. The average Bonchev–Trinajstić information content (AvgIpc) is 2.30. The molecule has 1 rings (SSSR count). The first-order chi connectivity index (χ1) is 7.69. The van der Waals surface area contributed by atoms with Crippen LogP contribution in [0, 0.1) is 0 Å². The van der Waals surface area contributed by atoms with Gasteiger partial charge in [-0.25, -0.2) is 0 Å². The van der Waals surface area contributed by atoms with Crippen molar-refractivity contribution in [2.24, 2.45) is 0 Å². The van der Waals surface area contributed by atoms with Crippen molar-refractivity contribution in [2.45, 2.75) is 13.0 Å². The molecule has 1 aromatic rings. The standard InChI is InChI=1S/C11H13ClO4/c1-15-10(14)5-6-16-11-8(7-13)3-2-4-9(11)12/h2-4,13H,5-7H2,1H3. The first kappa shape index (κ1) is 12.8. The molecule has 0 aliphatic heterocycles. The van der Waals surface area contributed by atoms with E-state index in [-0.39, 0.29) is 25.6 Å². The molecule has 0 saturated heterocycles. The number of benzene rings is 1. The molecule has 0 aliphatic rings. The van der Waals surface area contributed by atoms with Crippen LogP contribution in [-0.4, -0.2) is 24.8 Å². The molecule has 0 amide bonds. The topological polar surface area (TPSA) is 55.8 Å². The molecule has 5 heteroatoms. The van der Waals surface area contributed by atoms with Crippen LogP contribution in [0.15, 0.2) is 18.2 Å². The number of hydrogen-bond acceptors (Lipinski definition) is 4. The average molecular weight is 245 g/mol. The first-order valence-electron chi connectivity index (χ1n) is 4.77. The van der Waals surface area contributed by atoms with Gasteiger partial charge in [-0.15, -0.1) is 0 Å². The molecule has 88 valence electrons. The van der Waals surface area contributed by atoms with Gasteiger partial charge in [0.05, 0.1) is 31.8 Å². The lowest BCUT2D eigenvalue weighted by Gasteiger charge is -2.10. The fourth-order valence-electron chi connectivity index (χ4n) is 1.18. The number of halogens is 1. The zero-order valence-corrected chi connectivity index (χ0v) is 9.66. The van der Waals surface area contributed by atoms with Gasteiger partial charge in [-0.1, -0.05) is 23.7 Å². The van der Waals surface area contributed by atoms with E-state index in [1.54, 1.807) is 18.2 Å². The molecule has 0 atom stereocenters. The molecule has 0 radical (unpaired) electrons. The van der Waals surface area contributed by atoms with Gasteiger partial charge in [0, 0.05) is 5.56 Å². The maximum Gasteiger partial charge on any atom is 0.308 e.